The number of nitrogens with one attached hydrogen (secondary N) is 1. The average Bonchev–Trinajstić information content (AvgIpc) is 3.10. The van der Waals surface area contributed by atoms with Gasteiger partial charge in [-0.3, -0.25) is 4.79 Å². The first-order chi connectivity index (χ1) is 8.63. The number of carbonyl (C=O) groups excluding carboxylic acids is 1. The molecule has 0 spiro atoms. The van der Waals surface area contributed by atoms with Gasteiger partial charge in [0.25, 0.3) is 0 Å². The van der Waals surface area contributed by atoms with Crippen molar-refractivity contribution in [1.82, 2.24) is 4.98 Å². The summed E-state index contributed by atoms with van der Waals surface area (Å²) in [7, 11) is 0. The predicted octanol–water partition coefficient (Wildman–Crippen LogP) is 2.37. The zero-order chi connectivity index (χ0) is 12.7. The first-order valence-electron chi connectivity index (χ1n) is 6.68. The van der Waals surface area contributed by atoms with Gasteiger partial charge in [-0.15, -0.1) is 23.7 Å². The molecule has 0 saturated heterocycles. The van der Waals surface area contributed by atoms with Crippen LogP contribution in [0.25, 0.3) is 0 Å². The van der Waals surface area contributed by atoms with Crippen molar-refractivity contribution < 1.29 is 4.79 Å². The van der Waals surface area contributed by atoms with Gasteiger partial charge in [0.1, 0.15) is 0 Å². The van der Waals surface area contributed by atoms with Crippen LogP contribution >= 0.6 is 23.7 Å². The molecular weight excluding hydrogens is 282 g/mol. The Morgan fingerprint density at radius 2 is 2.21 bits per heavy atom. The molecule has 106 valence electrons. The number of fused-ring (bicyclic) bond motifs is 1. The second kappa shape index (κ2) is 5.77. The number of nitrogens with zero attached hydrogens (tertiary/aromatic N) is 1. The third-order valence-electron chi connectivity index (χ3n) is 3.95. The topological polar surface area (TPSA) is 68.0 Å². The lowest BCUT2D eigenvalue weighted by atomic mass is 9.99. The molecule has 1 saturated carbocycles. The number of hydrogen-bond acceptors (Lipinski definition) is 4. The lowest BCUT2D eigenvalue weighted by molar-refractivity contribution is -0.119. The summed E-state index contributed by atoms with van der Waals surface area (Å²) >= 11 is 1.59. The summed E-state index contributed by atoms with van der Waals surface area (Å²) in [6, 6.07) is 0.256. The Kier molecular flexibility index (Phi) is 4.48. The first kappa shape index (κ1) is 14.8. The first-order valence-corrected chi connectivity index (χ1v) is 7.50. The van der Waals surface area contributed by atoms with Gasteiger partial charge in [0.2, 0.25) is 5.91 Å². The van der Waals surface area contributed by atoms with Gasteiger partial charge in [0, 0.05) is 16.8 Å². The van der Waals surface area contributed by atoms with Crippen LogP contribution < -0.4 is 11.1 Å². The Labute approximate surface area is 123 Å². The lowest BCUT2D eigenvalue weighted by Gasteiger charge is -2.15. The molecule has 0 bridgehead atoms. The summed E-state index contributed by atoms with van der Waals surface area (Å²) < 4.78 is 0. The number of aromatic nitrogens is 1. The molecule has 2 aliphatic carbocycles. The van der Waals surface area contributed by atoms with Crippen LogP contribution in [0.4, 0.5) is 5.13 Å². The van der Waals surface area contributed by atoms with E-state index in [-0.39, 0.29) is 30.3 Å². The molecule has 1 unspecified atom stereocenters. The Hall–Kier alpha value is -0.650. The third-order valence-corrected chi connectivity index (χ3v) is 4.99. The van der Waals surface area contributed by atoms with Crippen molar-refractivity contribution in [3.05, 3.63) is 10.6 Å². The molecule has 0 radical (unpaired) electrons. The molecule has 0 aromatic carbocycles. The number of halogens is 1. The van der Waals surface area contributed by atoms with E-state index in [1.165, 1.54) is 17.7 Å². The van der Waals surface area contributed by atoms with Gasteiger partial charge >= 0.3 is 0 Å². The minimum absolute atomic E-state index is 0. The van der Waals surface area contributed by atoms with Crippen molar-refractivity contribution in [2.75, 3.05) is 5.32 Å². The van der Waals surface area contributed by atoms with E-state index >= 15 is 0 Å². The fourth-order valence-electron chi connectivity index (χ4n) is 2.48. The van der Waals surface area contributed by atoms with E-state index in [1.54, 1.807) is 11.3 Å². The molecule has 3 rings (SSSR count). The van der Waals surface area contributed by atoms with Gasteiger partial charge in [-0.2, -0.15) is 0 Å². The van der Waals surface area contributed by atoms with Crippen LogP contribution in [0.5, 0.6) is 0 Å². The maximum absolute atomic E-state index is 12.0. The van der Waals surface area contributed by atoms with Crippen molar-refractivity contribution in [3.63, 3.8) is 0 Å². The molecule has 1 amide bonds. The zero-order valence-corrected chi connectivity index (χ0v) is 12.6. The average molecular weight is 302 g/mol. The van der Waals surface area contributed by atoms with E-state index in [4.69, 9.17) is 5.73 Å². The van der Waals surface area contributed by atoms with Crippen LogP contribution in [0.15, 0.2) is 0 Å². The molecular formula is C13H20ClN3OS. The molecule has 3 N–H and O–H groups in total. The molecule has 4 nitrogen and oxygen atoms in total. The van der Waals surface area contributed by atoms with Gasteiger partial charge in [-0.1, -0.05) is 6.92 Å². The quantitative estimate of drug-likeness (QED) is 0.900. The van der Waals surface area contributed by atoms with Crippen molar-refractivity contribution in [3.8, 4) is 0 Å². The Morgan fingerprint density at radius 1 is 1.47 bits per heavy atom. The minimum atomic E-state index is 0. The lowest BCUT2D eigenvalue weighted by Crippen LogP contribution is -2.27. The smallest absolute Gasteiger partial charge is 0.229 e. The highest BCUT2D eigenvalue weighted by atomic mass is 35.5. The van der Waals surface area contributed by atoms with Gasteiger partial charge in [0.05, 0.1) is 5.69 Å². The fraction of sp³-hybridized carbons (Fsp3) is 0.692. The van der Waals surface area contributed by atoms with E-state index < -0.39 is 0 Å². The van der Waals surface area contributed by atoms with Crippen LogP contribution in [-0.4, -0.2) is 16.9 Å². The highest BCUT2D eigenvalue weighted by Gasteiger charge is 2.33. The molecule has 19 heavy (non-hydrogen) atoms. The Bertz CT molecular complexity index is 472. The molecule has 1 aromatic heterocycles. The SMILES string of the molecule is CC(C(=O)Nc1nc2c(s1)C[C@@H](N)CC2)C1CC1.Cl. The largest absolute Gasteiger partial charge is 0.327 e. The highest BCUT2D eigenvalue weighted by Crippen LogP contribution is 2.37. The van der Waals surface area contributed by atoms with Gasteiger partial charge in [-0.25, -0.2) is 4.98 Å². The van der Waals surface area contributed by atoms with Gasteiger partial charge in [-0.05, 0) is 38.0 Å². The number of carbonyl (C=O) groups is 1. The molecule has 2 aliphatic rings. The number of aryl methyl sites for hydroxylation is 1. The summed E-state index contributed by atoms with van der Waals surface area (Å²) in [5.74, 6) is 0.828. The third kappa shape index (κ3) is 3.27. The van der Waals surface area contributed by atoms with E-state index in [9.17, 15) is 4.79 Å². The van der Waals surface area contributed by atoms with Gasteiger partial charge in [0.15, 0.2) is 5.13 Å². The van der Waals surface area contributed by atoms with Crippen molar-refractivity contribution >= 4 is 34.8 Å². The van der Waals surface area contributed by atoms with Crippen molar-refractivity contribution in [2.24, 2.45) is 17.6 Å². The van der Waals surface area contributed by atoms with E-state index in [0.29, 0.717) is 5.92 Å². The fourth-order valence-corrected chi connectivity index (χ4v) is 3.59. The maximum Gasteiger partial charge on any atom is 0.229 e. The van der Waals surface area contributed by atoms with Crippen LogP contribution in [0.1, 0.15) is 36.8 Å². The van der Waals surface area contributed by atoms with Gasteiger partial charge < -0.3 is 11.1 Å². The number of anilines is 1. The van der Waals surface area contributed by atoms with Crippen LogP contribution in [0.2, 0.25) is 0 Å². The maximum atomic E-state index is 12.0. The van der Waals surface area contributed by atoms with Crippen LogP contribution in [-0.2, 0) is 17.6 Å². The van der Waals surface area contributed by atoms with E-state index in [0.717, 1.165) is 30.1 Å². The predicted molar refractivity (Wildman–Crippen MR) is 79.9 cm³/mol. The summed E-state index contributed by atoms with van der Waals surface area (Å²) in [6.45, 7) is 2.01. The molecule has 1 heterocycles. The second-order valence-corrected chi connectivity index (χ2v) is 6.59. The van der Waals surface area contributed by atoms with Crippen LogP contribution in [0.3, 0.4) is 0 Å². The standard InChI is InChI=1S/C13H19N3OS.ClH/c1-7(8-2-3-8)12(17)16-13-15-10-5-4-9(14)6-11(10)18-13;/h7-9H,2-6,14H2,1H3,(H,15,16,17);1H/t7?,9-;/m0./s1. The zero-order valence-electron chi connectivity index (χ0n) is 11.0. The van der Waals surface area contributed by atoms with Crippen molar-refractivity contribution in [2.45, 2.75) is 45.1 Å². The summed E-state index contributed by atoms with van der Waals surface area (Å²) in [4.78, 5) is 17.8. The summed E-state index contributed by atoms with van der Waals surface area (Å²) in [6.07, 6.45) is 5.24. The number of thiazole rings is 1. The summed E-state index contributed by atoms with van der Waals surface area (Å²) in [5, 5.41) is 3.72. The normalized spacial score (nSPS) is 23.2. The number of nitrogens with two attached hydrogens (primary N) is 1. The molecule has 1 aromatic rings. The molecule has 2 atom stereocenters. The summed E-state index contributed by atoms with van der Waals surface area (Å²) in [5.41, 5.74) is 7.08. The number of hydrogen-bond donors (Lipinski definition) is 2. The van der Waals surface area contributed by atoms with Crippen molar-refractivity contribution in [1.29, 1.82) is 0 Å². The van der Waals surface area contributed by atoms with E-state index in [2.05, 4.69) is 10.3 Å². The highest BCUT2D eigenvalue weighted by molar-refractivity contribution is 7.15. The number of amides is 1. The molecule has 0 aliphatic heterocycles. The molecule has 6 heteroatoms. The Morgan fingerprint density at radius 3 is 2.89 bits per heavy atom. The number of rotatable bonds is 3. The van der Waals surface area contributed by atoms with Crippen LogP contribution in [0, 0.1) is 11.8 Å². The monoisotopic (exact) mass is 301 g/mol. The Balaban J connectivity index is 0.00000133. The second-order valence-electron chi connectivity index (χ2n) is 5.51. The minimum Gasteiger partial charge on any atom is -0.327 e. The molecule has 1 fully saturated rings. The van der Waals surface area contributed by atoms with E-state index in [1.807, 2.05) is 6.92 Å².